The van der Waals surface area contributed by atoms with Gasteiger partial charge in [0, 0.05) is 6.07 Å². The normalized spacial score (nSPS) is 8.53. The Balaban J connectivity index is 0.000000423. The summed E-state index contributed by atoms with van der Waals surface area (Å²) in [4.78, 5) is 43.2. The van der Waals surface area contributed by atoms with Crippen molar-refractivity contribution in [3.05, 3.63) is 42.7 Å². The SMILES string of the molecule is O=C(O)c1cc(=O)[nH]c(=O)[nH]1.O=[N+]([O-])O. The molecule has 0 aliphatic rings. The molecule has 0 unspecified atom stereocenters. The molecule has 0 aliphatic carbocycles. The van der Waals surface area contributed by atoms with E-state index in [1.54, 1.807) is 0 Å². The predicted molar refractivity (Wildman–Crippen MR) is 43.4 cm³/mol. The number of rotatable bonds is 1. The number of hydrogen-bond donors (Lipinski definition) is 4. The first kappa shape index (κ1) is 12.3. The van der Waals surface area contributed by atoms with Crippen LogP contribution in [0.3, 0.4) is 0 Å². The number of H-pyrrole nitrogens is 2. The second kappa shape index (κ2) is 5.16. The average molecular weight is 219 g/mol. The van der Waals surface area contributed by atoms with E-state index in [0.717, 1.165) is 6.07 Å². The van der Waals surface area contributed by atoms with Gasteiger partial charge in [-0.3, -0.25) is 9.78 Å². The highest BCUT2D eigenvalue weighted by molar-refractivity contribution is 5.84. The smallest absolute Gasteiger partial charge is 0.352 e. The van der Waals surface area contributed by atoms with Gasteiger partial charge in [0.1, 0.15) is 5.69 Å². The van der Waals surface area contributed by atoms with Gasteiger partial charge >= 0.3 is 11.7 Å². The summed E-state index contributed by atoms with van der Waals surface area (Å²) in [7, 11) is 0. The van der Waals surface area contributed by atoms with Crippen molar-refractivity contribution in [2.75, 3.05) is 0 Å². The Morgan fingerprint density at radius 2 is 1.87 bits per heavy atom. The molecule has 1 aromatic rings. The van der Waals surface area contributed by atoms with E-state index in [9.17, 15) is 14.4 Å². The third kappa shape index (κ3) is 5.57. The van der Waals surface area contributed by atoms with Crippen LogP contribution >= 0.6 is 0 Å². The molecule has 1 rings (SSSR count). The molecule has 82 valence electrons. The van der Waals surface area contributed by atoms with Crippen LogP contribution in [-0.2, 0) is 0 Å². The van der Waals surface area contributed by atoms with Crippen LogP contribution in [0.5, 0.6) is 0 Å². The molecule has 0 spiro atoms. The van der Waals surface area contributed by atoms with Crippen molar-refractivity contribution in [1.82, 2.24) is 9.97 Å². The van der Waals surface area contributed by atoms with Gasteiger partial charge in [0.2, 0.25) is 0 Å². The topological polar surface area (TPSA) is 166 Å². The van der Waals surface area contributed by atoms with Crippen LogP contribution in [-0.4, -0.2) is 31.3 Å². The van der Waals surface area contributed by atoms with Crippen LogP contribution in [0, 0.1) is 10.1 Å². The Morgan fingerprint density at radius 3 is 2.20 bits per heavy atom. The van der Waals surface area contributed by atoms with Gasteiger partial charge in [0.25, 0.3) is 10.6 Å². The van der Waals surface area contributed by atoms with Crippen LogP contribution in [0.1, 0.15) is 10.5 Å². The first-order valence-corrected chi connectivity index (χ1v) is 3.23. The highest BCUT2D eigenvalue weighted by Gasteiger charge is 2.03. The van der Waals surface area contributed by atoms with Gasteiger partial charge in [0.15, 0.2) is 0 Å². The van der Waals surface area contributed by atoms with Crippen LogP contribution in [0.25, 0.3) is 0 Å². The number of nitrogens with one attached hydrogen (secondary N) is 2. The number of hydrogen-bond acceptors (Lipinski definition) is 5. The summed E-state index contributed by atoms with van der Waals surface area (Å²) >= 11 is 0. The van der Waals surface area contributed by atoms with Crippen molar-refractivity contribution in [2.24, 2.45) is 0 Å². The van der Waals surface area contributed by atoms with Crippen molar-refractivity contribution in [2.45, 2.75) is 0 Å². The van der Waals surface area contributed by atoms with E-state index in [2.05, 4.69) is 0 Å². The summed E-state index contributed by atoms with van der Waals surface area (Å²) in [6, 6.07) is 0.795. The summed E-state index contributed by atoms with van der Waals surface area (Å²) in [5.74, 6) is -1.34. The van der Waals surface area contributed by atoms with Crippen molar-refractivity contribution in [3.8, 4) is 0 Å². The molecule has 0 bridgehead atoms. The Hall–Kier alpha value is -2.65. The lowest BCUT2D eigenvalue weighted by molar-refractivity contribution is -0.742. The lowest BCUT2D eigenvalue weighted by atomic mass is 10.4. The summed E-state index contributed by atoms with van der Waals surface area (Å²) in [6.45, 7) is 0. The van der Waals surface area contributed by atoms with E-state index < -0.39 is 28.0 Å². The summed E-state index contributed by atoms with van der Waals surface area (Å²) < 4.78 is 0. The maximum Gasteiger partial charge on any atom is 0.352 e. The van der Waals surface area contributed by atoms with Gasteiger partial charge < -0.3 is 15.3 Å². The molecule has 4 N–H and O–H groups in total. The fourth-order valence-electron chi connectivity index (χ4n) is 0.584. The zero-order chi connectivity index (χ0) is 12.0. The molecular formula is C5H5N3O7. The summed E-state index contributed by atoms with van der Waals surface area (Å²) in [5.41, 5.74) is -1.97. The maximum atomic E-state index is 10.5. The first-order valence-electron chi connectivity index (χ1n) is 3.23. The van der Waals surface area contributed by atoms with E-state index in [4.69, 9.17) is 20.4 Å². The highest BCUT2D eigenvalue weighted by atomic mass is 16.9. The van der Waals surface area contributed by atoms with Crippen molar-refractivity contribution < 1.29 is 20.2 Å². The molecule has 0 aromatic carbocycles. The minimum absolute atomic E-state index is 0.418. The average Bonchev–Trinajstić information content (AvgIpc) is 2.00. The van der Waals surface area contributed by atoms with Gasteiger partial charge in [0.05, 0.1) is 0 Å². The zero-order valence-corrected chi connectivity index (χ0v) is 6.96. The minimum Gasteiger partial charge on any atom is -0.477 e. The predicted octanol–water partition coefficient (Wildman–Crippen LogP) is -1.59. The minimum atomic E-state index is -1.50. The molecule has 0 amide bonds. The van der Waals surface area contributed by atoms with E-state index in [-0.39, 0.29) is 0 Å². The number of carboxylic acid groups (broad SMARTS) is 1. The molecule has 0 fully saturated rings. The lowest BCUT2D eigenvalue weighted by Gasteiger charge is -1.89. The molecule has 0 saturated carbocycles. The first-order chi connectivity index (χ1) is 6.82. The Labute approximate surface area is 79.9 Å². The molecule has 0 saturated heterocycles. The number of aromatic nitrogens is 2. The Kier molecular flexibility index (Phi) is 4.25. The van der Waals surface area contributed by atoms with Gasteiger partial charge in [-0.2, -0.15) is 0 Å². The van der Waals surface area contributed by atoms with E-state index in [0.29, 0.717) is 0 Å². The molecule has 0 atom stereocenters. The Bertz CT molecular complexity index is 440. The van der Waals surface area contributed by atoms with Crippen LogP contribution in [0.15, 0.2) is 15.7 Å². The molecule has 0 aliphatic heterocycles. The number of nitrogens with zero attached hydrogens (tertiary/aromatic N) is 1. The zero-order valence-electron chi connectivity index (χ0n) is 6.96. The van der Waals surface area contributed by atoms with Crippen molar-refractivity contribution in [3.63, 3.8) is 0 Å². The van der Waals surface area contributed by atoms with E-state index >= 15 is 0 Å². The van der Waals surface area contributed by atoms with Crippen molar-refractivity contribution >= 4 is 5.97 Å². The molecule has 10 heteroatoms. The van der Waals surface area contributed by atoms with Gasteiger partial charge in [-0.1, -0.05) is 0 Å². The highest BCUT2D eigenvalue weighted by Crippen LogP contribution is 1.81. The molecule has 0 radical (unpaired) electrons. The fourth-order valence-corrected chi connectivity index (χ4v) is 0.584. The number of aromatic amines is 2. The van der Waals surface area contributed by atoms with Gasteiger partial charge in [-0.05, 0) is 0 Å². The molecular weight excluding hydrogens is 214 g/mol. The third-order valence-electron chi connectivity index (χ3n) is 0.991. The number of carbonyl (C=O) groups is 1. The van der Waals surface area contributed by atoms with E-state index in [1.807, 2.05) is 9.97 Å². The molecule has 1 aromatic heterocycles. The van der Waals surface area contributed by atoms with Crippen LogP contribution < -0.4 is 11.2 Å². The van der Waals surface area contributed by atoms with Gasteiger partial charge in [-0.25, -0.2) is 9.59 Å². The number of carboxylic acids is 1. The monoisotopic (exact) mass is 219 g/mol. The van der Waals surface area contributed by atoms with E-state index in [1.165, 1.54) is 0 Å². The van der Waals surface area contributed by atoms with Gasteiger partial charge in [-0.15, -0.1) is 10.1 Å². The maximum absolute atomic E-state index is 10.5. The quantitative estimate of drug-likeness (QED) is 0.326. The molecule has 10 nitrogen and oxygen atoms in total. The summed E-state index contributed by atoms with van der Waals surface area (Å²) in [6.07, 6.45) is 0. The largest absolute Gasteiger partial charge is 0.477 e. The molecule has 15 heavy (non-hydrogen) atoms. The third-order valence-corrected chi connectivity index (χ3v) is 0.991. The van der Waals surface area contributed by atoms with Crippen LogP contribution in [0.2, 0.25) is 0 Å². The molecule has 1 heterocycles. The Morgan fingerprint density at radius 1 is 1.40 bits per heavy atom. The second-order valence-electron chi connectivity index (χ2n) is 2.04. The lowest BCUT2D eigenvalue weighted by Crippen LogP contribution is -2.24. The number of aromatic carboxylic acids is 1. The van der Waals surface area contributed by atoms with Crippen molar-refractivity contribution in [1.29, 1.82) is 0 Å². The second-order valence-corrected chi connectivity index (χ2v) is 2.04. The summed E-state index contributed by atoms with van der Waals surface area (Å²) in [5, 5.41) is 21.9. The van der Waals surface area contributed by atoms with Crippen LogP contribution in [0.4, 0.5) is 0 Å². The standard InChI is InChI=1S/C5H4N2O4.HNO3/c8-3-1-2(4(9)10)6-5(11)7-3;2-1(3)4/h1H,(H,9,10)(H2,6,7,8,11);(H,2,3,4). The fraction of sp³-hybridized carbons (Fsp3) is 0.